The zero-order chi connectivity index (χ0) is 21.4. The number of amides is 3. The Kier molecular flexibility index (Phi) is 8.26. The zero-order valence-electron chi connectivity index (χ0n) is 17.6. The highest BCUT2D eigenvalue weighted by Gasteiger charge is 2.21. The molecule has 1 N–H and O–H groups in total. The van der Waals surface area contributed by atoms with Crippen LogP contribution in [0.4, 0.5) is 0 Å². The van der Waals surface area contributed by atoms with Gasteiger partial charge >= 0.3 is 0 Å². The predicted octanol–water partition coefficient (Wildman–Crippen LogP) is 0.0561. The minimum atomic E-state index is -0.354. The predicted molar refractivity (Wildman–Crippen MR) is 108 cm³/mol. The van der Waals surface area contributed by atoms with E-state index in [1.165, 1.54) is 14.2 Å². The molecule has 1 aromatic carbocycles. The number of rotatable bonds is 7. The van der Waals surface area contributed by atoms with Crippen molar-refractivity contribution in [2.75, 3.05) is 67.6 Å². The second-order valence-electron chi connectivity index (χ2n) is 7.05. The Morgan fingerprint density at radius 3 is 2.41 bits per heavy atom. The number of methoxy groups -OCH3 is 2. The van der Waals surface area contributed by atoms with Crippen LogP contribution < -0.4 is 14.8 Å². The van der Waals surface area contributed by atoms with E-state index >= 15 is 0 Å². The number of likely N-dealkylation sites (N-methyl/N-ethyl adjacent to an activating group) is 1. The van der Waals surface area contributed by atoms with Crippen molar-refractivity contribution in [1.29, 1.82) is 0 Å². The topological polar surface area (TPSA) is 91.4 Å². The number of carbonyl (C=O) groups is 3. The van der Waals surface area contributed by atoms with E-state index in [2.05, 4.69) is 10.2 Å². The zero-order valence-corrected chi connectivity index (χ0v) is 17.6. The Morgan fingerprint density at radius 1 is 1.03 bits per heavy atom. The summed E-state index contributed by atoms with van der Waals surface area (Å²) in [6.07, 6.45) is 0.788. The van der Waals surface area contributed by atoms with Crippen molar-refractivity contribution in [2.24, 2.45) is 0 Å². The van der Waals surface area contributed by atoms with Crippen molar-refractivity contribution >= 4 is 17.7 Å². The number of nitrogens with zero attached hydrogens (tertiary/aromatic N) is 3. The average molecular weight is 406 g/mol. The van der Waals surface area contributed by atoms with Gasteiger partial charge in [0.2, 0.25) is 11.8 Å². The molecule has 1 aliphatic rings. The van der Waals surface area contributed by atoms with E-state index in [9.17, 15) is 14.4 Å². The highest BCUT2D eigenvalue weighted by atomic mass is 16.5. The summed E-state index contributed by atoms with van der Waals surface area (Å²) in [6.45, 7) is 2.81. The van der Waals surface area contributed by atoms with Crippen LogP contribution in [0.1, 0.15) is 16.8 Å². The smallest absolute Gasteiger partial charge is 0.251 e. The lowest BCUT2D eigenvalue weighted by molar-refractivity contribution is -0.130. The first-order valence-electron chi connectivity index (χ1n) is 9.56. The first-order valence-corrected chi connectivity index (χ1v) is 9.56. The van der Waals surface area contributed by atoms with Gasteiger partial charge < -0.3 is 24.6 Å². The summed E-state index contributed by atoms with van der Waals surface area (Å²) in [4.78, 5) is 42.1. The van der Waals surface area contributed by atoms with Crippen LogP contribution in [-0.4, -0.2) is 100 Å². The summed E-state index contributed by atoms with van der Waals surface area (Å²) >= 11 is 0. The molecule has 0 aromatic heterocycles. The van der Waals surface area contributed by atoms with Crippen LogP contribution in [0.15, 0.2) is 18.2 Å². The van der Waals surface area contributed by atoms with Gasteiger partial charge in [0, 0.05) is 45.8 Å². The molecule has 1 aromatic rings. The standard InChI is InChI=1S/C20H30N4O5/c1-22(2)19(26)14-23-8-5-9-24(11-10-23)18(25)13-21-20(27)15-6-7-16(28-3)17(12-15)29-4/h6-7,12H,5,8-11,13-14H2,1-4H3,(H,21,27). The Morgan fingerprint density at radius 2 is 1.76 bits per heavy atom. The molecule has 29 heavy (non-hydrogen) atoms. The summed E-state index contributed by atoms with van der Waals surface area (Å²) in [6, 6.07) is 4.84. The SMILES string of the molecule is COc1ccc(C(=O)NCC(=O)N2CCCN(CC(=O)N(C)C)CC2)cc1OC. The number of carbonyl (C=O) groups excluding carboxylic acids is 3. The maximum absolute atomic E-state index is 12.5. The minimum absolute atomic E-state index is 0.0481. The van der Waals surface area contributed by atoms with Gasteiger partial charge in [-0.1, -0.05) is 0 Å². The lowest BCUT2D eigenvalue weighted by atomic mass is 10.2. The van der Waals surface area contributed by atoms with Crippen LogP contribution in [-0.2, 0) is 9.59 Å². The molecule has 9 nitrogen and oxygen atoms in total. The monoisotopic (exact) mass is 406 g/mol. The van der Waals surface area contributed by atoms with Crippen LogP contribution in [0, 0.1) is 0 Å². The number of ether oxygens (including phenoxy) is 2. The third-order valence-corrected chi connectivity index (χ3v) is 4.84. The molecule has 1 saturated heterocycles. The fourth-order valence-electron chi connectivity index (χ4n) is 3.06. The fraction of sp³-hybridized carbons (Fsp3) is 0.550. The van der Waals surface area contributed by atoms with E-state index in [0.717, 1.165) is 13.0 Å². The highest BCUT2D eigenvalue weighted by Crippen LogP contribution is 2.27. The largest absolute Gasteiger partial charge is 0.493 e. The Balaban J connectivity index is 1.86. The molecule has 3 amide bonds. The van der Waals surface area contributed by atoms with Crippen molar-refractivity contribution in [2.45, 2.75) is 6.42 Å². The normalized spacial score (nSPS) is 14.7. The Labute approximate surface area is 171 Å². The van der Waals surface area contributed by atoms with Crippen LogP contribution in [0.5, 0.6) is 11.5 Å². The first kappa shape index (κ1) is 22.5. The van der Waals surface area contributed by atoms with E-state index in [0.29, 0.717) is 43.2 Å². The summed E-state index contributed by atoms with van der Waals surface area (Å²) < 4.78 is 10.4. The summed E-state index contributed by atoms with van der Waals surface area (Å²) in [5, 5.41) is 2.66. The van der Waals surface area contributed by atoms with Gasteiger partial charge in [0.25, 0.3) is 5.91 Å². The maximum Gasteiger partial charge on any atom is 0.251 e. The summed E-state index contributed by atoms with van der Waals surface area (Å²) in [7, 11) is 6.49. The van der Waals surface area contributed by atoms with Gasteiger partial charge in [0.15, 0.2) is 11.5 Å². The van der Waals surface area contributed by atoms with E-state index in [-0.39, 0.29) is 24.3 Å². The maximum atomic E-state index is 12.5. The molecule has 0 bridgehead atoms. The fourth-order valence-corrected chi connectivity index (χ4v) is 3.06. The number of hydrogen-bond acceptors (Lipinski definition) is 6. The number of benzene rings is 1. The van der Waals surface area contributed by atoms with Crippen molar-refractivity contribution in [3.8, 4) is 11.5 Å². The van der Waals surface area contributed by atoms with Gasteiger partial charge in [-0.05, 0) is 24.6 Å². The quantitative estimate of drug-likeness (QED) is 0.688. The molecule has 0 saturated carbocycles. The second-order valence-corrected chi connectivity index (χ2v) is 7.05. The lowest BCUT2D eigenvalue weighted by Crippen LogP contribution is -2.43. The summed E-state index contributed by atoms with van der Waals surface area (Å²) in [5.74, 6) is 0.534. The van der Waals surface area contributed by atoms with E-state index in [4.69, 9.17) is 9.47 Å². The molecule has 9 heteroatoms. The van der Waals surface area contributed by atoms with E-state index in [1.54, 1.807) is 42.1 Å². The molecular weight excluding hydrogens is 376 g/mol. The summed E-state index contributed by atoms with van der Waals surface area (Å²) in [5.41, 5.74) is 0.389. The molecule has 1 heterocycles. The van der Waals surface area contributed by atoms with Crippen LogP contribution in [0.3, 0.4) is 0 Å². The second kappa shape index (κ2) is 10.7. The Hall–Kier alpha value is -2.81. The molecule has 0 unspecified atom stereocenters. The van der Waals surface area contributed by atoms with E-state index < -0.39 is 0 Å². The molecular formula is C20H30N4O5. The third-order valence-electron chi connectivity index (χ3n) is 4.84. The van der Waals surface area contributed by atoms with Gasteiger partial charge in [0.05, 0.1) is 27.3 Å². The number of hydrogen-bond donors (Lipinski definition) is 1. The van der Waals surface area contributed by atoms with Crippen LogP contribution in [0.2, 0.25) is 0 Å². The molecule has 0 spiro atoms. The van der Waals surface area contributed by atoms with Crippen molar-refractivity contribution < 1.29 is 23.9 Å². The molecule has 2 rings (SSSR count). The van der Waals surface area contributed by atoms with Crippen molar-refractivity contribution in [1.82, 2.24) is 20.0 Å². The van der Waals surface area contributed by atoms with Crippen LogP contribution >= 0.6 is 0 Å². The van der Waals surface area contributed by atoms with Gasteiger partial charge in [-0.2, -0.15) is 0 Å². The molecule has 1 aliphatic heterocycles. The average Bonchev–Trinajstić information content (AvgIpc) is 2.96. The van der Waals surface area contributed by atoms with Gasteiger partial charge in [-0.3, -0.25) is 19.3 Å². The molecule has 0 aliphatic carbocycles. The highest BCUT2D eigenvalue weighted by molar-refractivity contribution is 5.97. The van der Waals surface area contributed by atoms with Gasteiger partial charge in [-0.15, -0.1) is 0 Å². The van der Waals surface area contributed by atoms with E-state index in [1.807, 2.05) is 0 Å². The molecule has 1 fully saturated rings. The molecule has 160 valence electrons. The lowest BCUT2D eigenvalue weighted by Gasteiger charge is -2.23. The third kappa shape index (κ3) is 6.35. The number of nitrogens with one attached hydrogen (secondary N) is 1. The van der Waals surface area contributed by atoms with Gasteiger partial charge in [-0.25, -0.2) is 0 Å². The van der Waals surface area contributed by atoms with Crippen molar-refractivity contribution in [3.05, 3.63) is 23.8 Å². The molecule has 0 atom stereocenters. The van der Waals surface area contributed by atoms with Crippen LogP contribution in [0.25, 0.3) is 0 Å². The minimum Gasteiger partial charge on any atom is -0.493 e. The Bertz CT molecular complexity index is 738. The molecule has 0 radical (unpaired) electrons. The van der Waals surface area contributed by atoms with Crippen molar-refractivity contribution in [3.63, 3.8) is 0 Å². The first-order chi connectivity index (χ1) is 13.8. The van der Waals surface area contributed by atoms with Gasteiger partial charge in [0.1, 0.15) is 0 Å².